The standard InChI is InChI=1S/C13H14BrN3O4/c1-19-7-10-4-11(17-21-10)12(18)15-5-8-3-9(14)6-16-13(8)20-2/h3-4,6H,5,7H2,1-2H3,(H,15,18). The predicted molar refractivity (Wildman–Crippen MR) is 76.9 cm³/mol. The van der Waals surface area contributed by atoms with Crippen molar-refractivity contribution in [2.75, 3.05) is 14.2 Å². The first kappa shape index (κ1) is 15.5. The lowest BCUT2D eigenvalue weighted by Gasteiger charge is -2.08. The third kappa shape index (κ3) is 4.02. The lowest BCUT2D eigenvalue weighted by Crippen LogP contribution is -2.23. The molecule has 8 heteroatoms. The van der Waals surface area contributed by atoms with E-state index in [1.807, 2.05) is 6.07 Å². The van der Waals surface area contributed by atoms with Crippen LogP contribution in [0.15, 0.2) is 27.3 Å². The molecule has 112 valence electrons. The van der Waals surface area contributed by atoms with E-state index in [9.17, 15) is 4.79 Å². The summed E-state index contributed by atoms with van der Waals surface area (Å²) in [4.78, 5) is 16.1. The Labute approximate surface area is 129 Å². The number of rotatable bonds is 6. The smallest absolute Gasteiger partial charge is 0.273 e. The average molecular weight is 356 g/mol. The molecule has 2 heterocycles. The van der Waals surface area contributed by atoms with Crippen LogP contribution in [0.3, 0.4) is 0 Å². The molecule has 0 unspecified atom stereocenters. The number of carbonyl (C=O) groups is 1. The number of amides is 1. The molecular weight excluding hydrogens is 342 g/mol. The third-order valence-corrected chi connectivity index (χ3v) is 3.04. The average Bonchev–Trinajstić information content (AvgIpc) is 2.94. The highest BCUT2D eigenvalue weighted by Gasteiger charge is 2.13. The van der Waals surface area contributed by atoms with Gasteiger partial charge in [-0.3, -0.25) is 4.79 Å². The number of carbonyl (C=O) groups excluding carboxylic acids is 1. The van der Waals surface area contributed by atoms with Crippen LogP contribution in [0.25, 0.3) is 0 Å². The Morgan fingerprint density at radius 2 is 2.24 bits per heavy atom. The molecule has 7 nitrogen and oxygen atoms in total. The Morgan fingerprint density at radius 3 is 2.95 bits per heavy atom. The molecule has 0 saturated heterocycles. The van der Waals surface area contributed by atoms with Gasteiger partial charge in [-0.05, 0) is 22.0 Å². The molecular formula is C13H14BrN3O4. The van der Waals surface area contributed by atoms with E-state index in [1.165, 1.54) is 20.3 Å². The van der Waals surface area contributed by atoms with Gasteiger partial charge in [0.2, 0.25) is 5.88 Å². The maximum Gasteiger partial charge on any atom is 0.273 e. The first-order valence-corrected chi connectivity index (χ1v) is 6.84. The molecule has 0 bridgehead atoms. The van der Waals surface area contributed by atoms with Crippen molar-refractivity contribution in [1.29, 1.82) is 0 Å². The number of hydrogen-bond donors (Lipinski definition) is 1. The summed E-state index contributed by atoms with van der Waals surface area (Å²) in [6, 6.07) is 3.36. The van der Waals surface area contributed by atoms with Gasteiger partial charge in [0, 0.05) is 36.0 Å². The maximum atomic E-state index is 12.0. The Hall–Kier alpha value is -1.93. The van der Waals surface area contributed by atoms with Crippen molar-refractivity contribution in [2.45, 2.75) is 13.2 Å². The molecule has 0 aliphatic heterocycles. The Balaban J connectivity index is 2.01. The number of nitrogens with zero attached hydrogens (tertiary/aromatic N) is 2. The van der Waals surface area contributed by atoms with Gasteiger partial charge in [0.15, 0.2) is 11.5 Å². The second kappa shape index (κ2) is 7.19. The molecule has 1 N–H and O–H groups in total. The highest BCUT2D eigenvalue weighted by molar-refractivity contribution is 9.10. The second-order valence-electron chi connectivity index (χ2n) is 4.12. The van der Waals surface area contributed by atoms with E-state index in [-0.39, 0.29) is 24.8 Å². The monoisotopic (exact) mass is 355 g/mol. The van der Waals surface area contributed by atoms with Gasteiger partial charge in [-0.15, -0.1) is 0 Å². The summed E-state index contributed by atoms with van der Waals surface area (Å²) in [5.74, 6) is 0.603. The summed E-state index contributed by atoms with van der Waals surface area (Å²) in [6.07, 6.45) is 1.62. The summed E-state index contributed by atoms with van der Waals surface area (Å²) >= 11 is 3.33. The predicted octanol–water partition coefficient (Wildman–Crippen LogP) is 1.92. The maximum absolute atomic E-state index is 12.0. The van der Waals surface area contributed by atoms with E-state index in [0.29, 0.717) is 11.6 Å². The van der Waals surface area contributed by atoms with Crippen LogP contribution >= 0.6 is 15.9 Å². The Kier molecular flexibility index (Phi) is 5.29. The van der Waals surface area contributed by atoms with Crippen LogP contribution in [-0.4, -0.2) is 30.3 Å². The van der Waals surface area contributed by atoms with Crippen LogP contribution in [0.4, 0.5) is 0 Å². The summed E-state index contributed by atoms with van der Waals surface area (Å²) in [5.41, 5.74) is 0.949. The number of pyridine rings is 1. The molecule has 0 aliphatic carbocycles. The molecule has 0 aliphatic rings. The number of nitrogens with one attached hydrogen (secondary N) is 1. The Morgan fingerprint density at radius 1 is 1.43 bits per heavy atom. The molecule has 1 amide bonds. The molecule has 2 aromatic rings. The van der Waals surface area contributed by atoms with Gasteiger partial charge >= 0.3 is 0 Å². The van der Waals surface area contributed by atoms with Gasteiger partial charge in [0.1, 0.15) is 6.61 Å². The van der Waals surface area contributed by atoms with Crippen LogP contribution in [-0.2, 0) is 17.9 Å². The number of halogens is 1. The number of methoxy groups -OCH3 is 2. The van der Waals surface area contributed by atoms with Gasteiger partial charge in [-0.2, -0.15) is 0 Å². The minimum Gasteiger partial charge on any atom is -0.481 e. The van der Waals surface area contributed by atoms with E-state index in [0.717, 1.165) is 10.0 Å². The number of aromatic nitrogens is 2. The van der Waals surface area contributed by atoms with Crippen molar-refractivity contribution in [3.05, 3.63) is 39.8 Å². The fourth-order valence-corrected chi connectivity index (χ4v) is 2.05. The third-order valence-electron chi connectivity index (χ3n) is 2.60. The normalized spacial score (nSPS) is 10.4. The molecule has 21 heavy (non-hydrogen) atoms. The fourth-order valence-electron chi connectivity index (χ4n) is 1.68. The van der Waals surface area contributed by atoms with E-state index >= 15 is 0 Å². The quantitative estimate of drug-likeness (QED) is 0.851. The lowest BCUT2D eigenvalue weighted by molar-refractivity contribution is 0.0940. The summed E-state index contributed by atoms with van der Waals surface area (Å²) in [5, 5.41) is 6.41. The van der Waals surface area contributed by atoms with Crippen LogP contribution in [0.5, 0.6) is 5.88 Å². The van der Waals surface area contributed by atoms with Crippen molar-refractivity contribution < 1.29 is 18.8 Å². The van der Waals surface area contributed by atoms with Crippen LogP contribution in [0.1, 0.15) is 21.8 Å². The second-order valence-corrected chi connectivity index (χ2v) is 5.03. The van der Waals surface area contributed by atoms with E-state index < -0.39 is 0 Å². The molecule has 0 spiro atoms. The minimum atomic E-state index is -0.344. The molecule has 0 radical (unpaired) electrons. The summed E-state index contributed by atoms with van der Waals surface area (Å²) < 4.78 is 15.8. The Bertz CT molecular complexity index is 630. The lowest BCUT2D eigenvalue weighted by atomic mass is 10.2. The largest absolute Gasteiger partial charge is 0.481 e. The topological polar surface area (TPSA) is 86.5 Å². The summed E-state index contributed by atoms with van der Waals surface area (Å²) in [7, 11) is 3.06. The van der Waals surface area contributed by atoms with Crippen molar-refractivity contribution in [3.8, 4) is 5.88 Å². The SMILES string of the molecule is COCc1cc(C(=O)NCc2cc(Br)cnc2OC)no1. The number of ether oxygens (including phenoxy) is 2. The van der Waals surface area contributed by atoms with Crippen molar-refractivity contribution >= 4 is 21.8 Å². The fraction of sp³-hybridized carbons (Fsp3) is 0.308. The van der Waals surface area contributed by atoms with Gasteiger partial charge in [-0.1, -0.05) is 5.16 Å². The van der Waals surface area contributed by atoms with E-state index in [1.54, 1.807) is 6.20 Å². The van der Waals surface area contributed by atoms with Gasteiger partial charge < -0.3 is 19.3 Å². The van der Waals surface area contributed by atoms with E-state index in [4.69, 9.17) is 14.0 Å². The van der Waals surface area contributed by atoms with Crippen molar-refractivity contribution in [3.63, 3.8) is 0 Å². The molecule has 0 saturated carbocycles. The molecule has 2 aromatic heterocycles. The van der Waals surface area contributed by atoms with Crippen molar-refractivity contribution in [2.24, 2.45) is 0 Å². The number of hydrogen-bond acceptors (Lipinski definition) is 6. The van der Waals surface area contributed by atoms with Crippen molar-refractivity contribution in [1.82, 2.24) is 15.5 Å². The van der Waals surface area contributed by atoms with Crippen LogP contribution in [0.2, 0.25) is 0 Å². The van der Waals surface area contributed by atoms with Gasteiger partial charge in [0.05, 0.1) is 7.11 Å². The van der Waals surface area contributed by atoms with E-state index in [2.05, 4.69) is 31.4 Å². The first-order valence-electron chi connectivity index (χ1n) is 6.05. The van der Waals surface area contributed by atoms with Gasteiger partial charge in [0.25, 0.3) is 5.91 Å². The molecule has 0 atom stereocenters. The highest BCUT2D eigenvalue weighted by Crippen LogP contribution is 2.19. The minimum absolute atomic E-state index is 0.198. The zero-order valence-electron chi connectivity index (χ0n) is 11.6. The highest BCUT2D eigenvalue weighted by atomic mass is 79.9. The molecule has 0 fully saturated rings. The van der Waals surface area contributed by atoms with Gasteiger partial charge in [-0.25, -0.2) is 4.98 Å². The van der Waals surface area contributed by atoms with Crippen LogP contribution < -0.4 is 10.1 Å². The van der Waals surface area contributed by atoms with Crippen LogP contribution in [0, 0.1) is 0 Å². The first-order chi connectivity index (χ1) is 10.1. The zero-order chi connectivity index (χ0) is 15.2. The summed E-state index contributed by atoms with van der Waals surface area (Å²) in [6.45, 7) is 0.532. The molecule has 2 rings (SSSR count). The molecule has 0 aromatic carbocycles. The zero-order valence-corrected chi connectivity index (χ0v) is 13.1.